The Labute approximate surface area is 139 Å². The van der Waals surface area contributed by atoms with Crippen molar-refractivity contribution in [3.8, 4) is 11.3 Å². The van der Waals surface area contributed by atoms with Gasteiger partial charge in [-0.3, -0.25) is 10.2 Å². The van der Waals surface area contributed by atoms with Crippen molar-refractivity contribution in [2.45, 2.75) is 24.9 Å². The number of hydrogen-bond donors (Lipinski definition) is 2. The lowest BCUT2D eigenvalue weighted by Gasteiger charge is -2.11. The molecule has 0 amide bonds. The number of aromatic amines is 2. The zero-order valence-electron chi connectivity index (χ0n) is 12.9. The summed E-state index contributed by atoms with van der Waals surface area (Å²) in [4.78, 5) is 4.49. The molecule has 0 atom stereocenters. The highest BCUT2D eigenvalue weighted by molar-refractivity contribution is 6.07. The molecule has 0 radical (unpaired) electrons. The number of H-pyrrole nitrogens is 2. The van der Waals surface area contributed by atoms with Gasteiger partial charge in [0.1, 0.15) is 0 Å². The van der Waals surface area contributed by atoms with Gasteiger partial charge in [-0.05, 0) is 42.5 Å². The number of nitrogens with zero attached hydrogens (tertiary/aromatic N) is 3. The largest absolute Gasteiger partial charge is 0.435 e. The molecular weight excluding hydrogens is 331 g/mol. The van der Waals surface area contributed by atoms with E-state index in [-0.39, 0.29) is 5.56 Å². The Kier molecular flexibility index (Phi) is 2.78. The summed E-state index contributed by atoms with van der Waals surface area (Å²) in [5, 5.41) is 14.6. The number of benzene rings is 1. The summed E-state index contributed by atoms with van der Waals surface area (Å²) in [7, 11) is 0. The summed E-state index contributed by atoms with van der Waals surface area (Å²) in [5.41, 5.74) is 1.92. The maximum absolute atomic E-state index is 13.2. The second-order valence-corrected chi connectivity index (χ2v) is 6.31. The summed E-state index contributed by atoms with van der Waals surface area (Å²) >= 11 is 0. The number of hydrogen-bond acceptors (Lipinski definition) is 3. The Hall–Kier alpha value is -2.90. The van der Waals surface area contributed by atoms with E-state index in [1.807, 2.05) is 12.1 Å². The first-order valence-corrected chi connectivity index (χ1v) is 7.90. The van der Waals surface area contributed by atoms with Crippen molar-refractivity contribution in [1.82, 2.24) is 25.4 Å². The van der Waals surface area contributed by atoms with Crippen LogP contribution in [0.3, 0.4) is 0 Å². The minimum Gasteiger partial charge on any atom is -0.284 e. The van der Waals surface area contributed by atoms with E-state index >= 15 is 0 Å². The SMILES string of the molecule is FC(F)(F)c1n[nH]cc1-c1cc(C2CC2)c2c(ccc3[nH]ncc32)n1. The second kappa shape index (κ2) is 4.81. The monoisotopic (exact) mass is 343 g/mol. The van der Waals surface area contributed by atoms with E-state index in [0.717, 1.165) is 34.7 Å². The molecule has 0 aliphatic heterocycles. The van der Waals surface area contributed by atoms with Gasteiger partial charge < -0.3 is 0 Å². The fraction of sp³-hybridized carbons (Fsp3) is 0.235. The van der Waals surface area contributed by atoms with E-state index in [4.69, 9.17) is 0 Å². The number of fused-ring (bicyclic) bond motifs is 3. The standard InChI is InChI=1S/C17H12F3N5/c18-17(19,20)16-11(7-22-25-16)14-5-9(8-1-2-8)15-10-6-21-24-12(10)3-4-13(15)23-14/h3-8H,1-2H2,(H,21,24)(H,22,25). The summed E-state index contributed by atoms with van der Waals surface area (Å²) in [6.07, 6.45) is 0.531. The van der Waals surface area contributed by atoms with Crippen LogP contribution in [0.25, 0.3) is 33.1 Å². The lowest BCUT2D eigenvalue weighted by atomic mass is 9.99. The topological polar surface area (TPSA) is 70.2 Å². The van der Waals surface area contributed by atoms with Crippen LogP contribution in [0.15, 0.2) is 30.6 Å². The van der Waals surface area contributed by atoms with Crippen molar-refractivity contribution in [2.75, 3.05) is 0 Å². The highest BCUT2D eigenvalue weighted by atomic mass is 19.4. The summed E-state index contributed by atoms with van der Waals surface area (Å²) < 4.78 is 39.6. The zero-order valence-corrected chi connectivity index (χ0v) is 12.9. The van der Waals surface area contributed by atoms with E-state index in [9.17, 15) is 13.2 Å². The van der Waals surface area contributed by atoms with Crippen LogP contribution in [-0.4, -0.2) is 25.4 Å². The molecule has 1 aliphatic carbocycles. The molecule has 8 heteroatoms. The lowest BCUT2D eigenvalue weighted by Crippen LogP contribution is -2.07. The Bertz CT molecular complexity index is 1100. The van der Waals surface area contributed by atoms with E-state index in [0.29, 0.717) is 17.1 Å². The molecule has 1 aliphatic rings. The molecular formula is C17H12F3N5. The number of nitrogens with one attached hydrogen (secondary N) is 2. The van der Waals surface area contributed by atoms with Crippen LogP contribution < -0.4 is 0 Å². The predicted octanol–water partition coefficient (Wildman–Crippen LogP) is 4.40. The predicted molar refractivity (Wildman–Crippen MR) is 86.0 cm³/mol. The van der Waals surface area contributed by atoms with Gasteiger partial charge in [-0.1, -0.05) is 0 Å². The van der Waals surface area contributed by atoms with Gasteiger partial charge in [0.15, 0.2) is 5.69 Å². The molecule has 0 unspecified atom stereocenters. The third kappa shape index (κ3) is 2.20. The van der Waals surface area contributed by atoms with Gasteiger partial charge in [0.2, 0.25) is 0 Å². The summed E-state index contributed by atoms with van der Waals surface area (Å²) in [5.74, 6) is 0.353. The average Bonchev–Trinajstić information content (AvgIpc) is 3.10. The first-order valence-electron chi connectivity index (χ1n) is 7.90. The minimum atomic E-state index is -4.53. The van der Waals surface area contributed by atoms with Crippen LogP contribution in [0.5, 0.6) is 0 Å². The molecule has 0 saturated heterocycles. The van der Waals surface area contributed by atoms with Crippen LogP contribution in [0.2, 0.25) is 0 Å². The molecule has 5 rings (SSSR count). The number of rotatable bonds is 2. The van der Waals surface area contributed by atoms with Gasteiger partial charge in [0, 0.05) is 17.0 Å². The zero-order chi connectivity index (χ0) is 17.2. The van der Waals surface area contributed by atoms with Crippen LogP contribution in [0.1, 0.15) is 30.0 Å². The fourth-order valence-corrected chi connectivity index (χ4v) is 3.34. The van der Waals surface area contributed by atoms with Gasteiger partial charge in [0.25, 0.3) is 0 Å². The highest BCUT2D eigenvalue weighted by Crippen LogP contribution is 2.46. The normalized spacial score (nSPS) is 15.3. The van der Waals surface area contributed by atoms with Gasteiger partial charge in [0.05, 0.1) is 28.5 Å². The van der Waals surface area contributed by atoms with E-state index in [1.54, 1.807) is 12.3 Å². The molecule has 1 fully saturated rings. The Balaban J connectivity index is 1.81. The van der Waals surface area contributed by atoms with Crippen molar-refractivity contribution >= 4 is 21.8 Å². The Morgan fingerprint density at radius 3 is 2.76 bits per heavy atom. The van der Waals surface area contributed by atoms with Gasteiger partial charge in [-0.15, -0.1) is 0 Å². The first kappa shape index (κ1) is 14.4. The smallest absolute Gasteiger partial charge is 0.284 e. The fourth-order valence-electron chi connectivity index (χ4n) is 3.34. The van der Waals surface area contributed by atoms with Crippen molar-refractivity contribution in [3.63, 3.8) is 0 Å². The van der Waals surface area contributed by atoms with Gasteiger partial charge in [-0.2, -0.15) is 23.4 Å². The number of pyridine rings is 1. The number of alkyl halides is 3. The third-order valence-corrected chi connectivity index (χ3v) is 4.63. The minimum absolute atomic E-state index is 0.0245. The molecule has 0 bridgehead atoms. The third-order valence-electron chi connectivity index (χ3n) is 4.63. The van der Waals surface area contributed by atoms with Gasteiger partial charge >= 0.3 is 6.18 Å². The first-order chi connectivity index (χ1) is 12.0. The Morgan fingerprint density at radius 1 is 1.16 bits per heavy atom. The molecule has 2 N–H and O–H groups in total. The van der Waals surface area contributed by atoms with Crippen LogP contribution in [0, 0.1) is 0 Å². The average molecular weight is 343 g/mol. The molecule has 25 heavy (non-hydrogen) atoms. The summed E-state index contributed by atoms with van der Waals surface area (Å²) in [6, 6.07) is 5.43. The van der Waals surface area contributed by atoms with Crippen molar-refractivity contribution in [3.05, 3.63) is 41.9 Å². The lowest BCUT2D eigenvalue weighted by molar-refractivity contribution is -0.140. The molecule has 0 spiro atoms. The van der Waals surface area contributed by atoms with Crippen molar-refractivity contribution in [2.24, 2.45) is 0 Å². The summed E-state index contributed by atoms with van der Waals surface area (Å²) in [6.45, 7) is 0. The molecule has 3 heterocycles. The van der Waals surface area contributed by atoms with Crippen LogP contribution >= 0.6 is 0 Å². The maximum Gasteiger partial charge on any atom is 0.435 e. The van der Waals surface area contributed by atoms with Crippen LogP contribution in [0.4, 0.5) is 13.2 Å². The molecule has 1 aromatic carbocycles. The molecule has 5 nitrogen and oxygen atoms in total. The second-order valence-electron chi connectivity index (χ2n) is 6.31. The van der Waals surface area contributed by atoms with E-state index in [1.165, 1.54) is 6.20 Å². The quantitative estimate of drug-likeness (QED) is 0.567. The molecule has 4 aromatic rings. The molecule has 1 saturated carbocycles. The highest BCUT2D eigenvalue weighted by Gasteiger charge is 2.37. The van der Waals surface area contributed by atoms with Crippen molar-refractivity contribution < 1.29 is 13.2 Å². The molecule has 126 valence electrons. The van der Waals surface area contributed by atoms with E-state index < -0.39 is 11.9 Å². The maximum atomic E-state index is 13.2. The van der Waals surface area contributed by atoms with Gasteiger partial charge in [-0.25, -0.2) is 4.98 Å². The number of aromatic nitrogens is 5. The number of halogens is 3. The Morgan fingerprint density at radius 2 is 2.00 bits per heavy atom. The van der Waals surface area contributed by atoms with E-state index in [2.05, 4.69) is 25.4 Å². The van der Waals surface area contributed by atoms with Crippen molar-refractivity contribution in [1.29, 1.82) is 0 Å². The van der Waals surface area contributed by atoms with Crippen LogP contribution in [-0.2, 0) is 6.18 Å². The molecule has 3 aromatic heterocycles.